The van der Waals surface area contributed by atoms with E-state index in [1.807, 2.05) is 13.0 Å². The van der Waals surface area contributed by atoms with Crippen LogP contribution in [0, 0.1) is 6.92 Å². The van der Waals surface area contributed by atoms with Gasteiger partial charge in [-0.3, -0.25) is 0 Å². The summed E-state index contributed by atoms with van der Waals surface area (Å²) in [6.45, 7) is 2.34. The van der Waals surface area contributed by atoms with Crippen LogP contribution in [0.25, 0.3) is 11.0 Å². The van der Waals surface area contributed by atoms with E-state index in [0.717, 1.165) is 10.9 Å². The van der Waals surface area contributed by atoms with E-state index in [2.05, 4.69) is 0 Å². The van der Waals surface area contributed by atoms with Crippen LogP contribution in [0.15, 0.2) is 33.5 Å². The molecule has 1 aliphatic rings. The number of aliphatic hydroxyl groups is 1. The van der Waals surface area contributed by atoms with E-state index in [-0.39, 0.29) is 5.63 Å². The molecule has 3 rings (SSSR count). The highest BCUT2D eigenvalue weighted by atomic mass is 16.7. The Morgan fingerprint density at radius 2 is 2.20 bits per heavy atom. The maximum absolute atomic E-state index is 11.4. The second-order valence-electron chi connectivity index (χ2n) is 5.00. The van der Waals surface area contributed by atoms with Gasteiger partial charge in [0.1, 0.15) is 11.3 Å². The average molecular weight is 276 g/mol. The van der Waals surface area contributed by atoms with Gasteiger partial charge in [0.15, 0.2) is 0 Å². The maximum Gasteiger partial charge on any atom is 0.336 e. The summed E-state index contributed by atoms with van der Waals surface area (Å²) in [5, 5.41) is 10.5. The van der Waals surface area contributed by atoms with Gasteiger partial charge in [-0.05, 0) is 31.0 Å². The molecule has 5 nitrogen and oxygen atoms in total. The van der Waals surface area contributed by atoms with E-state index in [0.29, 0.717) is 30.8 Å². The van der Waals surface area contributed by atoms with Crippen molar-refractivity contribution in [2.45, 2.75) is 32.2 Å². The molecule has 5 heteroatoms. The van der Waals surface area contributed by atoms with Crippen LogP contribution in [0.1, 0.15) is 18.4 Å². The monoisotopic (exact) mass is 276 g/mol. The molecule has 1 N–H and O–H groups in total. The summed E-state index contributed by atoms with van der Waals surface area (Å²) < 4.78 is 16.3. The molecule has 1 fully saturated rings. The van der Waals surface area contributed by atoms with Crippen molar-refractivity contribution in [3.05, 3.63) is 40.2 Å². The number of hydrogen-bond acceptors (Lipinski definition) is 5. The standard InChI is InChI=1S/C15H16O5/c1-9-6-14(17)20-13-8-11(2-3-12(9)13)19-15-7-10(16)4-5-18-15/h2-3,6,8,10,15-16H,4-5,7H2,1H3. The fourth-order valence-corrected chi connectivity index (χ4v) is 2.36. The molecule has 2 unspecified atom stereocenters. The Kier molecular flexibility index (Phi) is 3.46. The highest BCUT2D eigenvalue weighted by Crippen LogP contribution is 2.25. The van der Waals surface area contributed by atoms with Crippen molar-refractivity contribution in [1.29, 1.82) is 0 Å². The van der Waals surface area contributed by atoms with Gasteiger partial charge < -0.3 is 19.0 Å². The molecule has 0 amide bonds. The largest absolute Gasteiger partial charge is 0.465 e. The second-order valence-corrected chi connectivity index (χ2v) is 5.00. The van der Waals surface area contributed by atoms with Crippen molar-refractivity contribution < 1.29 is 19.0 Å². The van der Waals surface area contributed by atoms with Crippen LogP contribution in [0.2, 0.25) is 0 Å². The first-order valence-corrected chi connectivity index (χ1v) is 6.62. The van der Waals surface area contributed by atoms with Crippen LogP contribution in [-0.2, 0) is 4.74 Å². The van der Waals surface area contributed by atoms with E-state index < -0.39 is 12.4 Å². The van der Waals surface area contributed by atoms with Gasteiger partial charge in [0.25, 0.3) is 0 Å². The van der Waals surface area contributed by atoms with Crippen LogP contribution >= 0.6 is 0 Å². The Balaban J connectivity index is 1.87. The van der Waals surface area contributed by atoms with E-state index in [9.17, 15) is 9.90 Å². The van der Waals surface area contributed by atoms with Gasteiger partial charge in [-0.2, -0.15) is 0 Å². The number of aliphatic hydroxyl groups excluding tert-OH is 1. The molecule has 0 bridgehead atoms. The molecule has 1 saturated heterocycles. The van der Waals surface area contributed by atoms with Crippen LogP contribution in [0.3, 0.4) is 0 Å². The Hall–Kier alpha value is -1.85. The van der Waals surface area contributed by atoms with Gasteiger partial charge in [0.05, 0.1) is 12.7 Å². The van der Waals surface area contributed by atoms with Crippen LogP contribution in [0.5, 0.6) is 5.75 Å². The molecule has 0 spiro atoms. The Morgan fingerprint density at radius 3 is 3.00 bits per heavy atom. The Morgan fingerprint density at radius 1 is 1.35 bits per heavy atom. The molecule has 1 aromatic carbocycles. The summed E-state index contributed by atoms with van der Waals surface area (Å²) in [5.74, 6) is 0.561. The number of fused-ring (bicyclic) bond motifs is 1. The first-order valence-electron chi connectivity index (χ1n) is 6.62. The maximum atomic E-state index is 11.4. The zero-order chi connectivity index (χ0) is 14.1. The molecule has 0 radical (unpaired) electrons. The van der Waals surface area contributed by atoms with Crippen molar-refractivity contribution in [1.82, 2.24) is 0 Å². The highest BCUT2D eigenvalue weighted by molar-refractivity contribution is 5.81. The van der Waals surface area contributed by atoms with Gasteiger partial charge in [0, 0.05) is 23.9 Å². The molecule has 2 atom stereocenters. The lowest BCUT2D eigenvalue weighted by atomic mass is 10.1. The van der Waals surface area contributed by atoms with E-state index in [1.54, 1.807) is 12.1 Å². The zero-order valence-electron chi connectivity index (χ0n) is 11.2. The topological polar surface area (TPSA) is 68.9 Å². The van der Waals surface area contributed by atoms with Crippen molar-refractivity contribution in [3.63, 3.8) is 0 Å². The van der Waals surface area contributed by atoms with Gasteiger partial charge in [-0.1, -0.05) is 0 Å². The normalized spacial score (nSPS) is 22.9. The average Bonchev–Trinajstić information content (AvgIpc) is 2.38. The van der Waals surface area contributed by atoms with Gasteiger partial charge in [-0.15, -0.1) is 0 Å². The summed E-state index contributed by atoms with van der Waals surface area (Å²) in [4.78, 5) is 11.4. The van der Waals surface area contributed by atoms with Gasteiger partial charge in [0.2, 0.25) is 6.29 Å². The highest BCUT2D eigenvalue weighted by Gasteiger charge is 2.22. The van der Waals surface area contributed by atoms with Crippen molar-refractivity contribution in [2.24, 2.45) is 0 Å². The van der Waals surface area contributed by atoms with Gasteiger partial charge in [-0.25, -0.2) is 4.79 Å². The Labute approximate surface area is 115 Å². The summed E-state index contributed by atoms with van der Waals surface area (Å²) in [6.07, 6.45) is 0.212. The zero-order valence-corrected chi connectivity index (χ0v) is 11.2. The fraction of sp³-hybridized carbons (Fsp3) is 0.400. The van der Waals surface area contributed by atoms with Gasteiger partial charge >= 0.3 is 5.63 Å². The predicted octanol–water partition coefficient (Wildman–Crippen LogP) is 1.98. The summed E-state index contributed by atoms with van der Waals surface area (Å²) in [7, 11) is 0. The van der Waals surface area contributed by atoms with Crippen LogP contribution in [0.4, 0.5) is 0 Å². The first kappa shape index (κ1) is 13.1. The third kappa shape index (κ3) is 2.69. The summed E-state index contributed by atoms with van der Waals surface area (Å²) in [6, 6.07) is 6.79. The van der Waals surface area contributed by atoms with Crippen molar-refractivity contribution in [3.8, 4) is 5.75 Å². The summed E-state index contributed by atoms with van der Waals surface area (Å²) in [5.41, 5.74) is 0.979. The minimum atomic E-state index is -0.465. The molecule has 106 valence electrons. The number of hydrogen-bond donors (Lipinski definition) is 1. The summed E-state index contributed by atoms with van der Waals surface area (Å²) >= 11 is 0. The molecule has 1 aromatic heterocycles. The van der Waals surface area contributed by atoms with E-state index >= 15 is 0 Å². The van der Waals surface area contributed by atoms with E-state index in [1.165, 1.54) is 6.07 Å². The molecule has 20 heavy (non-hydrogen) atoms. The number of rotatable bonds is 2. The van der Waals surface area contributed by atoms with Crippen molar-refractivity contribution >= 4 is 11.0 Å². The number of benzene rings is 1. The third-order valence-electron chi connectivity index (χ3n) is 3.41. The van der Waals surface area contributed by atoms with Crippen LogP contribution in [-0.4, -0.2) is 24.1 Å². The molecule has 0 aliphatic carbocycles. The third-order valence-corrected chi connectivity index (χ3v) is 3.41. The second kappa shape index (κ2) is 5.26. The Bertz CT molecular complexity index is 676. The lowest BCUT2D eigenvalue weighted by Gasteiger charge is -2.26. The molecular formula is C15H16O5. The fourth-order valence-electron chi connectivity index (χ4n) is 2.36. The molecule has 1 aliphatic heterocycles. The molecular weight excluding hydrogens is 260 g/mol. The number of aryl methyl sites for hydroxylation is 1. The first-order chi connectivity index (χ1) is 9.61. The quantitative estimate of drug-likeness (QED) is 0.849. The smallest absolute Gasteiger partial charge is 0.336 e. The lowest BCUT2D eigenvalue weighted by molar-refractivity contribution is -0.137. The lowest BCUT2D eigenvalue weighted by Crippen LogP contribution is -2.32. The number of ether oxygens (including phenoxy) is 2. The van der Waals surface area contributed by atoms with Crippen LogP contribution < -0.4 is 10.4 Å². The molecule has 2 aromatic rings. The molecule has 0 saturated carbocycles. The SMILES string of the molecule is Cc1cc(=O)oc2cc(OC3CC(O)CCO3)ccc12. The molecule has 2 heterocycles. The predicted molar refractivity (Wildman–Crippen MR) is 72.8 cm³/mol. The van der Waals surface area contributed by atoms with Crippen molar-refractivity contribution in [2.75, 3.05) is 6.61 Å². The minimum absolute atomic E-state index is 0.378. The minimum Gasteiger partial charge on any atom is -0.465 e. The van der Waals surface area contributed by atoms with E-state index in [4.69, 9.17) is 13.9 Å².